The summed E-state index contributed by atoms with van der Waals surface area (Å²) in [7, 11) is 0. The summed E-state index contributed by atoms with van der Waals surface area (Å²) in [4.78, 5) is 27.6. The van der Waals surface area contributed by atoms with Crippen molar-refractivity contribution >= 4 is 23.6 Å². The second-order valence-electron chi connectivity index (χ2n) is 6.33. The molecule has 0 radical (unpaired) electrons. The average molecular weight is 337 g/mol. The highest BCUT2D eigenvalue weighted by molar-refractivity contribution is 6.31. The molecule has 1 atom stereocenters. The molecule has 0 saturated carbocycles. The minimum atomic E-state index is -0.235. The van der Waals surface area contributed by atoms with Crippen LogP contribution >= 0.6 is 11.6 Å². The minimum Gasteiger partial charge on any atom is -0.448 e. The molecule has 3 rings (SSSR count). The molecule has 2 amide bonds. The van der Waals surface area contributed by atoms with Gasteiger partial charge in [0.2, 0.25) is 5.91 Å². The topological polar surface area (TPSA) is 49.9 Å². The predicted octanol–water partition coefficient (Wildman–Crippen LogP) is 2.49. The van der Waals surface area contributed by atoms with Crippen LogP contribution in [0.3, 0.4) is 0 Å². The maximum Gasteiger partial charge on any atom is 0.409 e. The number of benzene rings is 1. The number of hydrogen-bond donors (Lipinski definition) is 0. The quantitative estimate of drug-likeness (QED) is 0.848. The second kappa shape index (κ2) is 6.79. The largest absolute Gasteiger partial charge is 0.448 e. The third-order valence-corrected chi connectivity index (χ3v) is 4.86. The third kappa shape index (κ3) is 3.78. The number of aryl methyl sites for hydroxylation is 1. The zero-order valence-corrected chi connectivity index (χ0v) is 14.0. The number of rotatable bonds is 4. The van der Waals surface area contributed by atoms with Crippen LogP contribution in [-0.4, -0.2) is 54.6 Å². The summed E-state index contributed by atoms with van der Waals surface area (Å²) in [5.74, 6) is 0.431. The molecule has 5 nitrogen and oxygen atoms in total. The number of cyclic esters (lactones) is 1. The van der Waals surface area contributed by atoms with Crippen LogP contribution in [0, 0.1) is 12.8 Å². The number of halogens is 1. The lowest BCUT2D eigenvalue weighted by Crippen LogP contribution is -2.34. The molecule has 0 N–H and O–H groups in total. The van der Waals surface area contributed by atoms with E-state index in [0.29, 0.717) is 43.6 Å². The number of carbonyl (C=O) groups is 2. The van der Waals surface area contributed by atoms with E-state index in [9.17, 15) is 9.59 Å². The number of amides is 2. The van der Waals surface area contributed by atoms with Crippen LogP contribution in [-0.2, 0) is 16.0 Å². The molecule has 1 aromatic rings. The van der Waals surface area contributed by atoms with Gasteiger partial charge in [0, 0.05) is 24.7 Å². The summed E-state index contributed by atoms with van der Waals surface area (Å²) in [5.41, 5.74) is 1.96. The fraction of sp³-hybridized carbons (Fsp3) is 0.529. The first-order valence-corrected chi connectivity index (χ1v) is 8.35. The molecule has 6 heteroatoms. The van der Waals surface area contributed by atoms with Gasteiger partial charge in [-0.25, -0.2) is 4.79 Å². The SMILES string of the molecule is Cc1ccc(CC(=O)N2CCC(CN3CCOC3=O)C2)c(Cl)c1. The molecule has 2 heterocycles. The number of likely N-dealkylation sites (tertiary alicyclic amines) is 1. The monoisotopic (exact) mass is 336 g/mol. The number of carbonyl (C=O) groups excluding carboxylic acids is 2. The van der Waals surface area contributed by atoms with E-state index in [1.807, 2.05) is 30.0 Å². The fourth-order valence-electron chi connectivity index (χ4n) is 3.18. The first-order chi connectivity index (χ1) is 11.0. The molecular weight excluding hydrogens is 316 g/mol. The Labute approximate surface area is 141 Å². The van der Waals surface area contributed by atoms with Gasteiger partial charge in [-0.15, -0.1) is 0 Å². The summed E-state index contributed by atoms with van der Waals surface area (Å²) >= 11 is 6.21. The molecule has 1 unspecified atom stereocenters. The van der Waals surface area contributed by atoms with Crippen molar-refractivity contribution < 1.29 is 14.3 Å². The number of nitrogens with zero attached hydrogens (tertiary/aromatic N) is 2. The highest BCUT2D eigenvalue weighted by Gasteiger charge is 2.31. The minimum absolute atomic E-state index is 0.0993. The Bertz CT molecular complexity index is 620. The molecule has 0 bridgehead atoms. The first kappa shape index (κ1) is 16.1. The first-order valence-electron chi connectivity index (χ1n) is 7.97. The third-order valence-electron chi connectivity index (χ3n) is 4.51. The van der Waals surface area contributed by atoms with E-state index >= 15 is 0 Å². The van der Waals surface area contributed by atoms with Gasteiger partial charge in [-0.05, 0) is 36.5 Å². The van der Waals surface area contributed by atoms with Gasteiger partial charge >= 0.3 is 6.09 Å². The zero-order valence-electron chi connectivity index (χ0n) is 13.3. The van der Waals surface area contributed by atoms with Crippen molar-refractivity contribution in [3.05, 3.63) is 34.3 Å². The lowest BCUT2D eigenvalue weighted by Gasteiger charge is -2.19. The van der Waals surface area contributed by atoms with E-state index in [0.717, 1.165) is 24.1 Å². The number of hydrogen-bond acceptors (Lipinski definition) is 3. The van der Waals surface area contributed by atoms with E-state index in [4.69, 9.17) is 16.3 Å². The van der Waals surface area contributed by atoms with E-state index in [1.165, 1.54) is 0 Å². The molecule has 2 aliphatic rings. The Hall–Kier alpha value is -1.75. The van der Waals surface area contributed by atoms with Crippen LogP contribution in [0.25, 0.3) is 0 Å². The molecule has 1 aromatic carbocycles. The van der Waals surface area contributed by atoms with Crippen LogP contribution in [0.15, 0.2) is 18.2 Å². The van der Waals surface area contributed by atoms with Crippen molar-refractivity contribution in [1.29, 1.82) is 0 Å². The van der Waals surface area contributed by atoms with E-state index in [-0.39, 0.29) is 12.0 Å². The normalized spacial score (nSPS) is 21.0. The van der Waals surface area contributed by atoms with Gasteiger partial charge in [-0.2, -0.15) is 0 Å². The van der Waals surface area contributed by atoms with Gasteiger partial charge < -0.3 is 14.5 Å². The van der Waals surface area contributed by atoms with Crippen LogP contribution in [0.5, 0.6) is 0 Å². The van der Waals surface area contributed by atoms with Gasteiger partial charge in [-0.1, -0.05) is 23.7 Å². The van der Waals surface area contributed by atoms with Gasteiger partial charge in [-0.3, -0.25) is 4.79 Å². The average Bonchev–Trinajstić information content (AvgIpc) is 3.12. The summed E-state index contributed by atoms with van der Waals surface area (Å²) in [6, 6.07) is 5.78. The maximum absolute atomic E-state index is 12.5. The van der Waals surface area contributed by atoms with Gasteiger partial charge in [0.25, 0.3) is 0 Å². The maximum atomic E-state index is 12.5. The summed E-state index contributed by atoms with van der Waals surface area (Å²) in [6.07, 6.45) is 1.02. The fourth-order valence-corrected chi connectivity index (χ4v) is 3.48. The standard InChI is InChI=1S/C17H21ClN2O3/c1-12-2-3-14(15(18)8-12)9-16(21)19-5-4-13(10-19)11-20-6-7-23-17(20)22/h2-3,8,13H,4-7,9-11H2,1H3. The van der Waals surface area contributed by atoms with E-state index < -0.39 is 0 Å². The molecule has 23 heavy (non-hydrogen) atoms. The Balaban J connectivity index is 1.54. The van der Waals surface area contributed by atoms with E-state index in [1.54, 1.807) is 4.90 Å². The highest BCUT2D eigenvalue weighted by Crippen LogP contribution is 2.22. The molecule has 2 saturated heterocycles. The summed E-state index contributed by atoms with van der Waals surface area (Å²) in [5, 5.41) is 0.647. The summed E-state index contributed by atoms with van der Waals surface area (Å²) in [6.45, 7) is 5.23. The Morgan fingerprint density at radius 2 is 2.22 bits per heavy atom. The number of ether oxygens (including phenoxy) is 1. The van der Waals surface area contributed by atoms with E-state index in [2.05, 4.69) is 0 Å². The van der Waals surface area contributed by atoms with Gasteiger partial charge in [0.05, 0.1) is 13.0 Å². The molecular formula is C17H21ClN2O3. The van der Waals surface area contributed by atoms with Crippen molar-refractivity contribution in [2.45, 2.75) is 19.8 Å². The van der Waals surface area contributed by atoms with Crippen molar-refractivity contribution in [3.8, 4) is 0 Å². The smallest absolute Gasteiger partial charge is 0.409 e. The van der Waals surface area contributed by atoms with Gasteiger partial charge in [0.15, 0.2) is 0 Å². The Morgan fingerprint density at radius 1 is 1.39 bits per heavy atom. The predicted molar refractivity (Wildman–Crippen MR) is 87.5 cm³/mol. The van der Waals surface area contributed by atoms with Crippen molar-refractivity contribution in [2.75, 3.05) is 32.8 Å². The van der Waals surface area contributed by atoms with Gasteiger partial charge in [0.1, 0.15) is 6.61 Å². The molecule has 0 aromatic heterocycles. The highest BCUT2D eigenvalue weighted by atomic mass is 35.5. The van der Waals surface area contributed by atoms with Crippen LogP contribution in [0.4, 0.5) is 4.79 Å². The van der Waals surface area contributed by atoms with Crippen molar-refractivity contribution in [2.24, 2.45) is 5.92 Å². The molecule has 0 spiro atoms. The van der Waals surface area contributed by atoms with Crippen LogP contribution in [0.1, 0.15) is 17.5 Å². The Kier molecular flexibility index (Phi) is 4.76. The lowest BCUT2D eigenvalue weighted by molar-refractivity contribution is -0.129. The van der Waals surface area contributed by atoms with Crippen LogP contribution in [0.2, 0.25) is 5.02 Å². The zero-order chi connectivity index (χ0) is 16.4. The molecule has 2 aliphatic heterocycles. The lowest BCUT2D eigenvalue weighted by atomic mass is 10.1. The molecule has 0 aliphatic carbocycles. The van der Waals surface area contributed by atoms with Crippen molar-refractivity contribution in [3.63, 3.8) is 0 Å². The second-order valence-corrected chi connectivity index (χ2v) is 6.73. The van der Waals surface area contributed by atoms with Crippen molar-refractivity contribution in [1.82, 2.24) is 9.80 Å². The molecule has 124 valence electrons. The molecule has 2 fully saturated rings. The Morgan fingerprint density at radius 3 is 2.91 bits per heavy atom. The van der Waals surface area contributed by atoms with Crippen LogP contribution < -0.4 is 0 Å². The summed E-state index contributed by atoms with van der Waals surface area (Å²) < 4.78 is 4.94.